The molecule has 6 heteroatoms. The van der Waals surface area contributed by atoms with Crippen molar-refractivity contribution in [1.29, 1.82) is 0 Å². The monoisotopic (exact) mass is 319 g/mol. The number of ether oxygens (including phenoxy) is 2. The van der Waals surface area contributed by atoms with Gasteiger partial charge in [0, 0.05) is 19.1 Å². The third-order valence-electron chi connectivity index (χ3n) is 4.32. The smallest absolute Gasteiger partial charge is 0.343 e. The normalized spacial score (nSPS) is 21.6. The van der Waals surface area contributed by atoms with Gasteiger partial charge in [-0.1, -0.05) is 27.7 Å². The minimum atomic E-state index is -0.313. The Labute approximate surface area is 137 Å². The zero-order chi connectivity index (χ0) is 16.6. The van der Waals surface area contributed by atoms with Crippen LogP contribution in [0.1, 0.15) is 67.8 Å². The Balaban J connectivity index is 2.19. The van der Waals surface area contributed by atoms with Crippen LogP contribution in [-0.2, 0) is 9.47 Å². The number of esters is 1. The predicted octanol–water partition coefficient (Wildman–Crippen LogP) is 2.49. The summed E-state index contributed by atoms with van der Waals surface area (Å²) < 4.78 is 11.2. The van der Waals surface area contributed by atoms with Gasteiger partial charge in [-0.05, 0) is 12.3 Å². The minimum absolute atomic E-state index is 0.0256. The van der Waals surface area contributed by atoms with Crippen molar-refractivity contribution in [2.75, 3.05) is 31.3 Å². The van der Waals surface area contributed by atoms with Gasteiger partial charge in [0.05, 0.1) is 18.3 Å². The second kappa shape index (κ2) is 6.43. The molecule has 23 heavy (non-hydrogen) atoms. The Morgan fingerprint density at radius 3 is 2.61 bits per heavy atom. The summed E-state index contributed by atoms with van der Waals surface area (Å²) in [7, 11) is 0. The van der Waals surface area contributed by atoms with Crippen LogP contribution in [0.2, 0.25) is 0 Å². The number of cyclic esters (lactones) is 1. The molecule has 1 aromatic rings. The van der Waals surface area contributed by atoms with Crippen LogP contribution < -0.4 is 4.90 Å². The molecule has 0 spiro atoms. The van der Waals surface area contributed by atoms with Gasteiger partial charge in [-0.3, -0.25) is 0 Å². The highest BCUT2D eigenvalue weighted by atomic mass is 16.5. The maximum absolute atomic E-state index is 12.6. The molecule has 0 aromatic carbocycles. The number of aromatic nitrogens is 2. The van der Waals surface area contributed by atoms with Crippen LogP contribution in [0.3, 0.4) is 0 Å². The second-order valence-corrected chi connectivity index (χ2v) is 6.85. The molecule has 1 saturated heterocycles. The largest absolute Gasteiger partial charge is 0.460 e. The Bertz CT molecular complexity index is 601. The molecule has 2 aliphatic heterocycles. The molecule has 6 nitrogen and oxygen atoms in total. The topological polar surface area (TPSA) is 64.6 Å². The lowest BCUT2D eigenvalue weighted by molar-refractivity contribution is 0.0436. The first-order valence-electron chi connectivity index (χ1n) is 8.42. The van der Waals surface area contributed by atoms with Crippen molar-refractivity contribution >= 4 is 11.8 Å². The van der Waals surface area contributed by atoms with Crippen molar-refractivity contribution in [2.45, 2.75) is 52.0 Å². The fourth-order valence-electron chi connectivity index (χ4n) is 3.05. The summed E-state index contributed by atoms with van der Waals surface area (Å²) in [5.41, 5.74) is 1.32. The van der Waals surface area contributed by atoms with Crippen molar-refractivity contribution < 1.29 is 14.3 Å². The summed E-state index contributed by atoms with van der Waals surface area (Å²) in [5, 5.41) is 0. The van der Waals surface area contributed by atoms with E-state index in [0.29, 0.717) is 18.8 Å². The van der Waals surface area contributed by atoms with Crippen molar-refractivity contribution in [3.8, 4) is 0 Å². The number of fused-ring (bicyclic) bond motifs is 3. The number of hydrogen-bond donors (Lipinski definition) is 0. The highest BCUT2D eigenvalue weighted by Gasteiger charge is 2.35. The molecule has 3 heterocycles. The van der Waals surface area contributed by atoms with E-state index in [2.05, 4.69) is 23.7 Å². The highest BCUT2D eigenvalue weighted by Crippen LogP contribution is 2.32. The molecule has 126 valence electrons. The lowest BCUT2D eigenvalue weighted by atomic mass is 10.0. The van der Waals surface area contributed by atoms with E-state index < -0.39 is 0 Å². The zero-order valence-electron chi connectivity index (χ0n) is 14.3. The molecule has 2 aliphatic rings. The molecule has 3 rings (SSSR count). The lowest BCUT2D eigenvalue weighted by Gasteiger charge is -2.29. The van der Waals surface area contributed by atoms with E-state index in [1.54, 1.807) is 0 Å². The molecule has 1 atom stereocenters. The van der Waals surface area contributed by atoms with Gasteiger partial charge in [-0.15, -0.1) is 0 Å². The molecule has 1 unspecified atom stereocenters. The molecule has 0 aliphatic carbocycles. The summed E-state index contributed by atoms with van der Waals surface area (Å²) in [6, 6.07) is 0.0256. The van der Waals surface area contributed by atoms with Crippen molar-refractivity contribution in [2.24, 2.45) is 0 Å². The first kappa shape index (κ1) is 16.2. The second-order valence-electron chi connectivity index (χ2n) is 6.85. The number of anilines is 1. The molecular weight excluding hydrogens is 294 g/mol. The first-order valence-corrected chi connectivity index (χ1v) is 8.42. The van der Waals surface area contributed by atoms with Gasteiger partial charge in [-0.25, -0.2) is 14.8 Å². The predicted molar refractivity (Wildman–Crippen MR) is 87.1 cm³/mol. The number of carbonyl (C=O) groups excluding carboxylic acids is 1. The fourth-order valence-corrected chi connectivity index (χ4v) is 3.05. The third-order valence-corrected chi connectivity index (χ3v) is 4.32. The fraction of sp³-hybridized carbons (Fsp3) is 0.706. The van der Waals surface area contributed by atoms with Gasteiger partial charge < -0.3 is 14.4 Å². The van der Waals surface area contributed by atoms with Crippen LogP contribution in [0.5, 0.6) is 0 Å². The van der Waals surface area contributed by atoms with E-state index in [1.165, 1.54) is 0 Å². The molecule has 0 amide bonds. The standard InChI is InChI=1S/C17H25N3O3/c1-10(2)14-13-16(19-15(18-14)11(3)4)20-6-5-7-22-8-12(20)9-23-17(13)21/h10-12H,5-9H2,1-4H3. The van der Waals surface area contributed by atoms with Crippen molar-refractivity contribution in [1.82, 2.24) is 9.97 Å². The minimum Gasteiger partial charge on any atom is -0.460 e. The van der Waals surface area contributed by atoms with Gasteiger partial charge in [0.1, 0.15) is 23.8 Å². The highest BCUT2D eigenvalue weighted by molar-refractivity contribution is 5.97. The van der Waals surface area contributed by atoms with Crippen LogP contribution in [0.4, 0.5) is 5.82 Å². The summed E-state index contributed by atoms with van der Waals surface area (Å²) in [6.07, 6.45) is 0.919. The molecule has 0 radical (unpaired) electrons. The van der Waals surface area contributed by atoms with E-state index in [4.69, 9.17) is 14.5 Å². The van der Waals surface area contributed by atoms with Crippen LogP contribution in [0, 0.1) is 0 Å². The number of hydrogen-bond acceptors (Lipinski definition) is 6. The Kier molecular flexibility index (Phi) is 4.53. The van der Waals surface area contributed by atoms with Crippen LogP contribution in [0.25, 0.3) is 0 Å². The van der Waals surface area contributed by atoms with Gasteiger partial charge in [0.2, 0.25) is 0 Å². The average molecular weight is 319 g/mol. The first-order chi connectivity index (χ1) is 11.0. The number of carbonyl (C=O) groups is 1. The molecule has 1 aromatic heterocycles. The molecule has 0 saturated carbocycles. The average Bonchev–Trinajstić information content (AvgIpc) is 2.81. The van der Waals surface area contributed by atoms with E-state index in [-0.39, 0.29) is 23.8 Å². The van der Waals surface area contributed by atoms with Gasteiger partial charge in [0.25, 0.3) is 0 Å². The van der Waals surface area contributed by atoms with E-state index in [9.17, 15) is 4.79 Å². The van der Waals surface area contributed by atoms with E-state index >= 15 is 0 Å². The van der Waals surface area contributed by atoms with Crippen molar-refractivity contribution in [3.63, 3.8) is 0 Å². The van der Waals surface area contributed by atoms with Gasteiger partial charge >= 0.3 is 5.97 Å². The molecule has 1 fully saturated rings. The van der Waals surface area contributed by atoms with Gasteiger partial charge in [0.15, 0.2) is 0 Å². The summed E-state index contributed by atoms with van der Waals surface area (Å²) in [4.78, 5) is 24.2. The summed E-state index contributed by atoms with van der Waals surface area (Å²) in [5.74, 6) is 1.54. The summed E-state index contributed by atoms with van der Waals surface area (Å²) in [6.45, 7) is 10.7. The molecule has 0 N–H and O–H groups in total. The zero-order valence-corrected chi connectivity index (χ0v) is 14.3. The molecular formula is C17H25N3O3. The van der Waals surface area contributed by atoms with Crippen LogP contribution in [-0.4, -0.2) is 48.3 Å². The van der Waals surface area contributed by atoms with Gasteiger partial charge in [-0.2, -0.15) is 0 Å². The SMILES string of the molecule is CC(C)c1nc(C(C)C)c2c(n1)N1CCCOCC1COC2=O. The Morgan fingerprint density at radius 2 is 1.91 bits per heavy atom. The quantitative estimate of drug-likeness (QED) is 0.780. The third kappa shape index (κ3) is 3.04. The summed E-state index contributed by atoms with van der Waals surface area (Å²) >= 11 is 0. The van der Waals surface area contributed by atoms with Crippen LogP contribution in [0.15, 0.2) is 0 Å². The maximum Gasteiger partial charge on any atom is 0.343 e. The Morgan fingerprint density at radius 1 is 1.13 bits per heavy atom. The number of nitrogens with zero attached hydrogens (tertiary/aromatic N) is 3. The Hall–Kier alpha value is -1.69. The lowest BCUT2D eigenvalue weighted by Crippen LogP contribution is -2.40. The van der Waals surface area contributed by atoms with Crippen molar-refractivity contribution in [3.05, 3.63) is 17.1 Å². The van der Waals surface area contributed by atoms with Crippen LogP contribution >= 0.6 is 0 Å². The van der Waals surface area contributed by atoms with E-state index in [1.807, 2.05) is 13.8 Å². The molecule has 0 bridgehead atoms. The van der Waals surface area contributed by atoms with E-state index in [0.717, 1.165) is 36.9 Å². The maximum atomic E-state index is 12.6. The number of rotatable bonds is 2.